The van der Waals surface area contributed by atoms with Gasteiger partial charge < -0.3 is 0 Å². The molecule has 0 aliphatic rings. The molecule has 3 aromatic heterocycles. The molecular weight excluding hydrogens is 315 g/mol. The van der Waals surface area contributed by atoms with Crippen molar-refractivity contribution < 1.29 is 0 Å². The average molecular weight is 327 g/mol. The van der Waals surface area contributed by atoms with E-state index in [1.165, 1.54) is 4.39 Å². The molecule has 5 aromatic rings. The first-order valence-electron chi connectivity index (χ1n) is 6.36. The van der Waals surface area contributed by atoms with Crippen molar-refractivity contribution in [2.75, 3.05) is 10.6 Å². The molecule has 2 bridgehead atoms. The summed E-state index contributed by atoms with van der Waals surface area (Å²) in [5.41, 5.74) is 3.26. The van der Waals surface area contributed by atoms with Crippen molar-refractivity contribution in [2.24, 2.45) is 0 Å². The zero-order valence-corrected chi connectivity index (χ0v) is 12.3. The third kappa shape index (κ3) is 1.97. The van der Waals surface area contributed by atoms with Crippen LogP contribution in [0.3, 0.4) is 0 Å². The van der Waals surface area contributed by atoms with Gasteiger partial charge in [-0.25, -0.2) is 0 Å². The van der Waals surface area contributed by atoms with Gasteiger partial charge in [0.05, 0.1) is 0 Å². The molecule has 2 N–H and O–H groups in total. The summed E-state index contributed by atoms with van der Waals surface area (Å²) in [6, 6.07) is 20.4. The van der Waals surface area contributed by atoms with E-state index in [9.17, 15) is 0 Å². The zero-order chi connectivity index (χ0) is 13.4. The Labute approximate surface area is 122 Å². The van der Waals surface area contributed by atoms with Gasteiger partial charge >= 0.3 is 122 Å². The number of rotatable bonds is 4. The first kappa shape index (κ1) is 11.6. The molecule has 0 amide bonds. The second-order valence-electron chi connectivity index (χ2n) is 4.48. The van der Waals surface area contributed by atoms with Crippen molar-refractivity contribution >= 4 is 42.0 Å². The maximum atomic E-state index is 4.47. The van der Waals surface area contributed by atoms with Crippen LogP contribution in [0.1, 0.15) is 0 Å². The van der Waals surface area contributed by atoms with Gasteiger partial charge in [0.15, 0.2) is 0 Å². The van der Waals surface area contributed by atoms with Crippen LogP contribution in [0.25, 0.3) is 4.39 Å². The quantitative estimate of drug-likeness (QED) is 0.565. The summed E-state index contributed by atoms with van der Waals surface area (Å²) in [5.74, 6) is 1.05. The molecule has 3 heterocycles. The summed E-state index contributed by atoms with van der Waals surface area (Å²) in [6.07, 6.45) is 0. The predicted octanol–water partition coefficient (Wildman–Crippen LogP) is 3.32. The van der Waals surface area contributed by atoms with Crippen LogP contribution >= 0.6 is 0 Å². The topological polar surface area (TPSA) is 41.4 Å². The molecule has 0 fully saturated rings. The van der Waals surface area contributed by atoms with Crippen LogP contribution in [0.15, 0.2) is 60.7 Å². The minimum atomic E-state index is 0.314. The summed E-state index contributed by atoms with van der Waals surface area (Å²) < 4.78 is 3.21. The number of anilines is 4. The van der Waals surface area contributed by atoms with Gasteiger partial charge in [-0.1, -0.05) is 0 Å². The van der Waals surface area contributed by atoms with Crippen LogP contribution in [-0.4, -0.2) is 23.3 Å². The zero-order valence-electron chi connectivity index (χ0n) is 10.6. The molecule has 5 rings (SSSR count). The van der Waals surface area contributed by atoms with E-state index in [0.29, 0.717) is 14.7 Å². The van der Waals surface area contributed by atoms with Crippen molar-refractivity contribution in [2.45, 2.75) is 0 Å². The molecule has 0 aliphatic carbocycles. The van der Waals surface area contributed by atoms with E-state index < -0.39 is 0 Å². The predicted molar refractivity (Wildman–Crippen MR) is 82.8 cm³/mol. The Balaban J connectivity index is 1.66. The normalized spacial score (nSPS) is 11.0. The minimum absolute atomic E-state index is 0.314. The third-order valence-corrected chi connectivity index (χ3v) is 4.96. The second kappa shape index (κ2) is 4.71. The van der Waals surface area contributed by atoms with Gasteiger partial charge in [-0.3, -0.25) is 0 Å². The van der Waals surface area contributed by atoms with Crippen molar-refractivity contribution in [1.29, 1.82) is 0 Å². The van der Waals surface area contributed by atoms with Crippen LogP contribution in [-0.2, 0) is 0 Å². The Morgan fingerprint density at radius 3 is 1.95 bits per heavy atom. The van der Waals surface area contributed by atoms with Crippen molar-refractivity contribution in [3.63, 3.8) is 0 Å². The molecular formula is C15H12N4Se. The maximum absolute atomic E-state index is 4.47. The fourth-order valence-electron chi connectivity index (χ4n) is 2.11. The van der Waals surface area contributed by atoms with Gasteiger partial charge in [0.25, 0.3) is 0 Å². The third-order valence-electron chi connectivity index (χ3n) is 3.08. The van der Waals surface area contributed by atoms with Gasteiger partial charge in [-0.2, -0.15) is 0 Å². The van der Waals surface area contributed by atoms with E-state index in [2.05, 4.69) is 40.0 Å². The van der Waals surface area contributed by atoms with E-state index in [-0.39, 0.29) is 0 Å². The van der Waals surface area contributed by atoms with Crippen molar-refractivity contribution in [1.82, 2.24) is 8.61 Å². The fourth-order valence-corrected chi connectivity index (χ4v) is 3.70. The molecule has 0 saturated heterocycles. The van der Waals surface area contributed by atoms with Gasteiger partial charge in [0, 0.05) is 0 Å². The molecule has 4 nitrogen and oxygen atoms in total. The van der Waals surface area contributed by atoms with Crippen LogP contribution in [0, 0.1) is 0 Å². The SMILES string of the molecule is c1ccc(Nc2c(Nc3ccccc3)n3nc2[se]3)cc1. The number of hydrogen-bond donors (Lipinski definition) is 2. The van der Waals surface area contributed by atoms with Crippen LogP contribution in [0.2, 0.25) is 0 Å². The van der Waals surface area contributed by atoms with Crippen LogP contribution in [0.5, 0.6) is 0 Å². The Kier molecular flexibility index (Phi) is 2.73. The molecule has 98 valence electrons. The second-order valence-corrected chi connectivity index (χ2v) is 6.40. The molecule has 5 heteroatoms. The molecule has 0 aliphatic heterocycles. The number of fused-ring (bicyclic) bond motifs is 1. The van der Waals surface area contributed by atoms with Crippen molar-refractivity contribution in [3.8, 4) is 0 Å². The summed E-state index contributed by atoms with van der Waals surface area (Å²) >= 11 is 0.314. The molecule has 0 spiro atoms. The summed E-state index contributed by atoms with van der Waals surface area (Å²) in [5, 5.41) is 11.4. The number of benzene rings is 2. The average Bonchev–Trinajstić information content (AvgIpc) is 2.93. The van der Waals surface area contributed by atoms with Gasteiger partial charge in [0.2, 0.25) is 0 Å². The fraction of sp³-hybridized carbons (Fsp3) is 0. The van der Waals surface area contributed by atoms with Crippen LogP contribution < -0.4 is 10.6 Å². The molecule has 0 saturated carbocycles. The molecule has 0 atom stereocenters. The first-order valence-corrected chi connectivity index (χ1v) is 7.98. The summed E-state index contributed by atoms with van der Waals surface area (Å²) in [4.78, 5) is 0. The number of hydrogen-bond acceptors (Lipinski definition) is 3. The Bertz CT molecular complexity index is 723. The van der Waals surface area contributed by atoms with Gasteiger partial charge in [0.1, 0.15) is 0 Å². The number of para-hydroxylation sites is 2. The van der Waals surface area contributed by atoms with Gasteiger partial charge in [-0.05, 0) is 0 Å². The molecule has 20 heavy (non-hydrogen) atoms. The Morgan fingerprint density at radius 1 is 0.800 bits per heavy atom. The standard InChI is InChI=1S/C15H12N4Se/c1-3-7-11(8-4-1)16-13-14(19-18-15(13)20-19)17-12-9-5-2-6-10-12/h1-10,16-17H. The Hall–Kier alpha value is -2.23. The van der Waals surface area contributed by atoms with Gasteiger partial charge in [-0.15, -0.1) is 0 Å². The van der Waals surface area contributed by atoms with E-state index in [4.69, 9.17) is 0 Å². The van der Waals surface area contributed by atoms with E-state index in [1.807, 2.05) is 39.9 Å². The molecule has 0 unspecified atom stereocenters. The number of nitrogens with one attached hydrogen (secondary N) is 2. The van der Waals surface area contributed by atoms with E-state index in [0.717, 1.165) is 22.9 Å². The number of aromatic nitrogens is 2. The van der Waals surface area contributed by atoms with Crippen LogP contribution in [0.4, 0.5) is 22.9 Å². The van der Waals surface area contributed by atoms with E-state index in [1.54, 1.807) is 0 Å². The Morgan fingerprint density at radius 2 is 1.35 bits per heavy atom. The monoisotopic (exact) mass is 328 g/mol. The number of nitrogens with zero attached hydrogens (tertiary/aromatic N) is 2. The summed E-state index contributed by atoms with van der Waals surface area (Å²) in [7, 11) is 0. The van der Waals surface area contributed by atoms with Crippen molar-refractivity contribution in [3.05, 3.63) is 60.7 Å². The van der Waals surface area contributed by atoms with E-state index >= 15 is 0 Å². The summed E-state index contributed by atoms with van der Waals surface area (Å²) in [6.45, 7) is 0. The molecule has 2 aromatic carbocycles. The molecule has 0 radical (unpaired) electrons. The first-order chi connectivity index (χ1) is 9.90.